The number of amides is 1. The number of carbonyl (C=O) groups is 1. The molecule has 1 aliphatic heterocycles. The maximum atomic E-state index is 11.7. The number of aliphatic imine (C=N–C) groups is 1. The Morgan fingerprint density at radius 3 is 2.31 bits per heavy atom. The van der Waals surface area contributed by atoms with Gasteiger partial charge in [-0.3, -0.25) is 14.7 Å². The zero-order valence-corrected chi connectivity index (χ0v) is 17.2. The molecule has 0 radical (unpaired) electrons. The van der Waals surface area contributed by atoms with Crippen LogP contribution in [0.1, 0.15) is 53.4 Å². The number of nitrogens with zero attached hydrogens (tertiary/aromatic N) is 2. The molecule has 0 spiro atoms. The van der Waals surface area contributed by atoms with Crippen molar-refractivity contribution in [2.75, 3.05) is 39.3 Å². The van der Waals surface area contributed by atoms with E-state index in [1.807, 2.05) is 0 Å². The Labute approximate surface area is 159 Å². The zero-order valence-electron chi connectivity index (χ0n) is 17.2. The molecule has 2 rings (SSSR count). The van der Waals surface area contributed by atoms with Crippen molar-refractivity contribution in [1.29, 1.82) is 0 Å². The third-order valence-corrected chi connectivity index (χ3v) is 5.50. The molecule has 0 aromatic rings. The fourth-order valence-corrected chi connectivity index (χ4v) is 3.49. The van der Waals surface area contributed by atoms with Gasteiger partial charge in [-0.1, -0.05) is 20.8 Å². The topological polar surface area (TPSA) is 68.8 Å². The minimum Gasteiger partial charge on any atom is -0.357 e. The van der Waals surface area contributed by atoms with E-state index in [4.69, 9.17) is 4.99 Å². The molecule has 1 heterocycles. The van der Waals surface area contributed by atoms with Crippen LogP contribution in [0.2, 0.25) is 0 Å². The van der Waals surface area contributed by atoms with Gasteiger partial charge in [-0.15, -0.1) is 0 Å². The third kappa shape index (κ3) is 7.14. The van der Waals surface area contributed by atoms with Crippen LogP contribution in [0.3, 0.4) is 0 Å². The summed E-state index contributed by atoms with van der Waals surface area (Å²) in [5.41, 5.74) is 0. The average Bonchev–Trinajstić information content (AvgIpc) is 3.45. The second-order valence-corrected chi connectivity index (χ2v) is 8.24. The normalized spacial score (nSPS) is 20.9. The van der Waals surface area contributed by atoms with Gasteiger partial charge < -0.3 is 16.0 Å². The number of likely N-dealkylation sites (tertiary alicyclic amines) is 1. The van der Waals surface area contributed by atoms with Crippen molar-refractivity contribution < 1.29 is 4.79 Å². The van der Waals surface area contributed by atoms with Crippen LogP contribution >= 0.6 is 0 Å². The number of hydrogen-bond donors (Lipinski definition) is 3. The summed E-state index contributed by atoms with van der Waals surface area (Å²) in [5, 5.41) is 9.65. The molecule has 1 amide bonds. The molecule has 26 heavy (non-hydrogen) atoms. The van der Waals surface area contributed by atoms with Crippen LogP contribution in [0, 0.1) is 17.8 Å². The molecular formula is C20H39N5O. The van der Waals surface area contributed by atoms with Gasteiger partial charge in [0, 0.05) is 31.6 Å². The van der Waals surface area contributed by atoms with Crippen molar-refractivity contribution in [2.24, 2.45) is 22.7 Å². The minimum atomic E-state index is 0.202. The van der Waals surface area contributed by atoms with Crippen molar-refractivity contribution in [3.63, 3.8) is 0 Å². The van der Waals surface area contributed by atoms with E-state index < -0.39 is 0 Å². The van der Waals surface area contributed by atoms with E-state index in [-0.39, 0.29) is 11.8 Å². The van der Waals surface area contributed by atoms with Crippen LogP contribution in [-0.2, 0) is 4.79 Å². The van der Waals surface area contributed by atoms with Gasteiger partial charge in [-0.25, -0.2) is 0 Å². The van der Waals surface area contributed by atoms with Crippen molar-refractivity contribution >= 4 is 11.9 Å². The monoisotopic (exact) mass is 365 g/mol. The molecule has 2 fully saturated rings. The predicted octanol–water partition coefficient (Wildman–Crippen LogP) is 1.82. The summed E-state index contributed by atoms with van der Waals surface area (Å²) in [6.45, 7) is 14.4. The highest BCUT2D eigenvalue weighted by molar-refractivity contribution is 5.81. The lowest BCUT2D eigenvalue weighted by molar-refractivity contribution is -0.122. The Morgan fingerprint density at radius 2 is 1.73 bits per heavy atom. The quantitative estimate of drug-likeness (QED) is 0.331. The number of nitrogens with one attached hydrogen (secondary N) is 3. The third-order valence-electron chi connectivity index (χ3n) is 5.50. The summed E-state index contributed by atoms with van der Waals surface area (Å²) in [6.07, 6.45) is 4.70. The summed E-state index contributed by atoms with van der Waals surface area (Å²) < 4.78 is 0. The van der Waals surface area contributed by atoms with Crippen LogP contribution in [-0.4, -0.2) is 62.1 Å². The van der Waals surface area contributed by atoms with E-state index >= 15 is 0 Å². The predicted molar refractivity (Wildman–Crippen MR) is 108 cm³/mol. The van der Waals surface area contributed by atoms with Crippen LogP contribution in [0.4, 0.5) is 0 Å². The van der Waals surface area contributed by atoms with Gasteiger partial charge in [-0.05, 0) is 57.5 Å². The average molecular weight is 366 g/mol. The van der Waals surface area contributed by atoms with E-state index in [1.165, 1.54) is 25.9 Å². The summed E-state index contributed by atoms with van der Waals surface area (Å²) in [4.78, 5) is 19.1. The van der Waals surface area contributed by atoms with Gasteiger partial charge in [0.2, 0.25) is 5.91 Å². The van der Waals surface area contributed by atoms with E-state index in [0.717, 1.165) is 37.8 Å². The lowest BCUT2D eigenvalue weighted by Crippen LogP contribution is -2.47. The highest BCUT2D eigenvalue weighted by atomic mass is 16.2. The molecule has 0 aromatic heterocycles. The SMILES string of the molecule is CCNC(=NCC(C(C)C)N1CCC(C)CC1)NCCNC(=O)C1CC1. The summed E-state index contributed by atoms with van der Waals surface area (Å²) >= 11 is 0. The summed E-state index contributed by atoms with van der Waals surface area (Å²) in [6, 6.07) is 0.493. The second-order valence-electron chi connectivity index (χ2n) is 8.24. The molecule has 150 valence electrons. The maximum Gasteiger partial charge on any atom is 0.223 e. The smallest absolute Gasteiger partial charge is 0.223 e. The molecule has 1 unspecified atom stereocenters. The molecule has 0 bridgehead atoms. The summed E-state index contributed by atoms with van der Waals surface area (Å²) in [5.74, 6) is 2.77. The lowest BCUT2D eigenvalue weighted by atomic mass is 9.94. The molecule has 2 aliphatic rings. The van der Waals surface area contributed by atoms with Crippen LogP contribution < -0.4 is 16.0 Å². The van der Waals surface area contributed by atoms with E-state index in [9.17, 15) is 4.79 Å². The zero-order chi connectivity index (χ0) is 18.9. The summed E-state index contributed by atoms with van der Waals surface area (Å²) in [7, 11) is 0. The second kappa shape index (κ2) is 10.8. The Kier molecular flexibility index (Phi) is 8.69. The molecule has 6 heteroatoms. The number of piperidine rings is 1. The first-order valence-electron chi connectivity index (χ1n) is 10.5. The molecule has 1 aliphatic carbocycles. The first-order chi connectivity index (χ1) is 12.5. The molecule has 3 N–H and O–H groups in total. The van der Waals surface area contributed by atoms with Gasteiger partial charge in [0.1, 0.15) is 0 Å². The largest absolute Gasteiger partial charge is 0.357 e. The van der Waals surface area contributed by atoms with Gasteiger partial charge >= 0.3 is 0 Å². The van der Waals surface area contributed by atoms with Crippen molar-refractivity contribution in [3.8, 4) is 0 Å². The number of hydrogen-bond acceptors (Lipinski definition) is 3. The van der Waals surface area contributed by atoms with Gasteiger partial charge in [0.15, 0.2) is 5.96 Å². The Morgan fingerprint density at radius 1 is 1.08 bits per heavy atom. The van der Waals surface area contributed by atoms with Gasteiger partial charge in [0.05, 0.1) is 6.54 Å². The standard InChI is InChI=1S/C20H39N5O/c1-5-21-20(23-11-10-22-19(26)17-6-7-17)24-14-18(15(2)3)25-12-8-16(4)9-13-25/h15-18H,5-14H2,1-4H3,(H,22,26)(H2,21,23,24). The number of guanidine groups is 1. The highest BCUT2D eigenvalue weighted by Crippen LogP contribution is 2.28. The minimum absolute atomic E-state index is 0.202. The Bertz CT molecular complexity index is 453. The first-order valence-corrected chi connectivity index (χ1v) is 10.5. The first kappa shape index (κ1) is 21.0. The van der Waals surface area contributed by atoms with Crippen LogP contribution in [0.15, 0.2) is 4.99 Å². The van der Waals surface area contributed by atoms with E-state index in [1.54, 1.807) is 0 Å². The molecule has 6 nitrogen and oxygen atoms in total. The fourth-order valence-electron chi connectivity index (χ4n) is 3.49. The molecule has 1 saturated heterocycles. The Hall–Kier alpha value is -1.30. The van der Waals surface area contributed by atoms with Crippen LogP contribution in [0.25, 0.3) is 0 Å². The van der Waals surface area contributed by atoms with Crippen molar-refractivity contribution in [3.05, 3.63) is 0 Å². The molecule has 0 aromatic carbocycles. The highest BCUT2D eigenvalue weighted by Gasteiger charge is 2.29. The van der Waals surface area contributed by atoms with Crippen molar-refractivity contribution in [1.82, 2.24) is 20.9 Å². The molecule has 1 saturated carbocycles. The maximum absolute atomic E-state index is 11.7. The Balaban J connectivity index is 1.79. The van der Waals surface area contributed by atoms with E-state index in [2.05, 4.69) is 48.5 Å². The molecular weight excluding hydrogens is 326 g/mol. The van der Waals surface area contributed by atoms with E-state index in [0.29, 0.717) is 25.0 Å². The lowest BCUT2D eigenvalue weighted by Gasteiger charge is -2.38. The number of rotatable bonds is 9. The van der Waals surface area contributed by atoms with Gasteiger partial charge in [-0.2, -0.15) is 0 Å². The number of carbonyl (C=O) groups excluding carboxylic acids is 1. The fraction of sp³-hybridized carbons (Fsp3) is 0.900. The van der Waals surface area contributed by atoms with Crippen molar-refractivity contribution in [2.45, 2.75) is 59.4 Å². The molecule has 1 atom stereocenters. The van der Waals surface area contributed by atoms with Crippen LogP contribution in [0.5, 0.6) is 0 Å². The van der Waals surface area contributed by atoms with Gasteiger partial charge in [0.25, 0.3) is 0 Å².